The fourth-order valence-corrected chi connectivity index (χ4v) is 2.57. The first kappa shape index (κ1) is 17.3. The number of carbonyl (C=O) groups excluding carboxylic acids is 1. The molecule has 7 nitrogen and oxygen atoms in total. The van der Waals surface area contributed by atoms with Crippen LogP contribution in [0.4, 0.5) is 5.69 Å². The number of hydrogen-bond donors (Lipinski definition) is 2. The first-order chi connectivity index (χ1) is 12.5. The quantitative estimate of drug-likeness (QED) is 0.735. The van der Waals surface area contributed by atoms with E-state index < -0.39 is 5.91 Å². The number of fused-ring (bicyclic) bond motifs is 1. The number of ether oxygens (including phenoxy) is 3. The van der Waals surface area contributed by atoms with E-state index >= 15 is 0 Å². The van der Waals surface area contributed by atoms with Gasteiger partial charge < -0.3 is 24.5 Å². The lowest BCUT2D eigenvalue weighted by molar-refractivity contribution is 0.102. The molecule has 1 amide bonds. The first-order valence-electron chi connectivity index (χ1n) is 7.79. The number of aromatic nitrogens is 1. The van der Waals surface area contributed by atoms with Gasteiger partial charge in [0.2, 0.25) is 5.43 Å². The standard InChI is InChI=1S/C19H18N2O5/c1-24-12-4-5-17-15(9-12)18(22)16(10-20-17)19(23)21-11-6-13(25-2)8-14(7-11)26-3/h4-10H,1-3H3,(H,20,22)(H,21,23). The third kappa shape index (κ3) is 3.32. The first-order valence-corrected chi connectivity index (χ1v) is 7.79. The second-order valence-electron chi connectivity index (χ2n) is 5.50. The summed E-state index contributed by atoms with van der Waals surface area (Å²) in [5.41, 5.74) is 0.685. The van der Waals surface area contributed by atoms with Gasteiger partial charge >= 0.3 is 0 Å². The molecule has 26 heavy (non-hydrogen) atoms. The van der Waals surface area contributed by atoms with Crippen LogP contribution in [0.1, 0.15) is 10.4 Å². The molecule has 0 saturated carbocycles. The van der Waals surface area contributed by atoms with Crippen molar-refractivity contribution in [1.82, 2.24) is 4.98 Å². The molecule has 0 fully saturated rings. The molecular weight excluding hydrogens is 336 g/mol. The zero-order chi connectivity index (χ0) is 18.7. The molecule has 0 spiro atoms. The van der Waals surface area contributed by atoms with Gasteiger partial charge in [0.25, 0.3) is 5.91 Å². The summed E-state index contributed by atoms with van der Waals surface area (Å²) in [6.07, 6.45) is 1.39. The lowest BCUT2D eigenvalue weighted by Crippen LogP contribution is -2.22. The number of carbonyl (C=O) groups is 1. The molecule has 2 N–H and O–H groups in total. The number of methoxy groups -OCH3 is 3. The number of anilines is 1. The summed E-state index contributed by atoms with van der Waals surface area (Å²) < 4.78 is 15.5. The fourth-order valence-electron chi connectivity index (χ4n) is 2.57. The van der Waals surface area contributed by atoms with Crippen molar-refractivity contribution >= 4 is 22.5 Å². The van der Waals surface area contributed by atoms with Crippen molar-refractivity contribution < 1.29 is 19.0 Å². The van der Waals surface area contributed by atoms with E-state index in [0.29, 0.717) is 33.8 Å². The number of benzene rings is 2. The van der Waals surface area contributed by atoms with E-state index in [0.717, 1.165) is 0 Å². The van der Waals surface area contributed by atoms with Gasteiger partial charge in [-0.05, 0) is 18.2 Å². The molecule has 134 valence electrons. The van der Waals surface area contributed by atoms with Crippen molar-refractivity contribution in [2.75, 3.05) is 26.6 Å². The van der Waals surface area contributed by atoms with Crippen molar-refractivity contribution in [3.05, 3.63) is 58.4 Å². The highest BCUT2D eigenvalue weighted by Crippen LogP contribution is 2.26. The average Bonchev–Trinajstić information content (AvgIpc) is 2.67. The summed E-state index contributed by atoms with van der Waals surface area (Å²) in [7, 11) is 4.55. The van der Waals surface area contributed by atoms with Crippen LogP contribution in [-0.4, -0.2) is 32.2 Å². The Bertz CT molecular complexity index is 1000. The second-order valence-corrected chi connectivity index (χ2v) is 5.50. The van der Waals surface area contributed by atoms with Crippen LogP contribution in [0.5, 0.6) is 17.2 Å². The Balaban J connectivity index is 1.98. The maximum Gasteiger partial charge on any atom is 0.261 e. The molecule has 1 heterocycles. The van der Waals surface area contributed by atoms with E-state index in [4.69, 9.17) is 14.2 Å². The highest BCUT2D eigenvalue weighted by atomic mass is 16.5. The lowest BCUT2D eigenvalue weighted by atomic mass is 10.1. The van der Waals surface area contributed by atoms with E-state index in [1.165, 1.54) is 27.5 Å². The Morgan fingerprint density at radius 1 is 0.923 bits per heavy atom. The maximum absolute atomic E-state index is 12.7. The highest BCUT2D eigenvalue weighted by molar-refractivity contribution is 6.05. The van der Waals surface area contributed by atoms with Crippen LogP contribution in [0.3, 0.4) is 0 Å². The van der Waals surface area contributed by atoms with E-state index in [1.54, 1.807) is 36.4 Å². The Morgan fingerprint density at radius 2 is 1.58 bits per heavy atom. The summed E-state index contributed by atoms with van der Waals surface area (Å²) in [5, 5.41) is 3.07. The van der Waals surface area contributed by atoms with Gasteiger partial charge in [0.15, 0.2) is 0 Å². The molecular formula is C19H18N2O5. The van der Waals surface area contributed by atoms with Crippen LogP contribution in [0, 0.1) is 0 Å². The van der Waals surface area contributed by atoms with Gasteiger partial charge in [-0.25, -0.2) is 0 Å². The fraction of sp³-hybridized carbons (Fsp3) is 0.158. The Morgan fingerprint density at radius 3 is 2.19 bits per heavy atom. The van der Waals surface area contributed by atoms with Crippen LogP contribution in [-0.2, 0) is 0 Å². The second kappa shape index (κ2) is 7.18. The van der Waals surface area contributed by atoms with Gasteiger partial charge in [-0.1, -0.05) is 0 Å². The van der Waals surface area contributed by atoms with Crippen LogP contribution in [0.15, 0.2) is 47.4 Å². The molecule has 0 radical (unpaired) electrons. The molecule has 3 aromatic rings. The molecule has 0 aliphatic rings. The highest BCUT2D eigenvalue weighted by Gasteiger charge is 2.15. The molecule has 0 saturated heterocycles. The molecule has 2 aromatic carbocycles. The number of nitrogens with one attached hydrogen (secondary N) is 2. The predicted molar refractivity (Wildman–Crippen MR) is 98.6 cm³/mol. The lowest BCUT2D eigenvalue weighted by Gasteiger charge is -2.10. The molecule has 0 aliphatic heterocycles. The normalized spacial score (nSPS) is 10.4. The number of aromatic amines is 1. The summed E-state index contributed by atoms with van der Waals surface area (Å²) in [4.78, 5) is 28.2. The number of pyridine rings is 1. The van der Waals surface area contributed by atoms with Crippen LogP contribution < -0.4 is 25.0 Å². The van der Waals surface area contributed by atoms with E-state index in [1.807, 2.05) is 0 Å². The topological polar surface area (TPSA) is 89.6 Å². The third-order valence-corrected chi connectivity index (χ3v) is 3.94. The Labute approximate surface area is 149 Å². The van der Waals surface area contributed by atoms with Crippen molar-refractivity contribution in [3.63, 3.8) is 0 Å². The number of hydrogen-bond acceptors (Lipinski definition) is 5. The minimum atomic E-state index is -0.536. The average molecular weight is 354 g/mol. The predicted octanol–water partition coefficient (Wildman–Crippen LogP) is 2.81. The zero-order valence-electron chi connectivity index (χ0n) is 14.6. The van der Waals surface area contributed by atoms with Crippen LogP contribution in [0.25, 0.3) is 10.9 Å². The zero-order valence-corrected chi connectivity index (χ0v) is 14.6. The monoisotopic (exact) mass is 354 g/mol. The van der Waals surface area contributed by atoms with Gasteiger partial charge in [-0.3, -0.25) is 9.59 Å². The number of H-pyrrole nitrogens is 1. The summed E-state index contributed by atoms with van der Waals surface area (Å²) in [5.74, 6) is 1.05. The van der Waals surface area contributed by atoms with Crippen LogP contribution in [0.2, 0.25) is 0 Å². The van der Waals surface area contributed by atoms with E-state index in [2.05, 4.69) is 10.3 Å². The number of amides is 1. The molecule has 1 aromatic heterocycles. The number of rotatable bonds is 5. The molecule has 3 rings (SSSR count). The largest absolute Gasteiger partial charge is 0.497 e. The van der Waals surface area contributed by atoms with E-state index in [9.17, 15) is 9.59 Å². The SMILES string of the molecule is COc1cc(NC(=O)c2c[nH]c3ccc(OC)cc3c2=O)cc(OC)c1. The Kier molecular flexibility index (Phi) is 4.79. The molecule has 7 heteroatoms. The van der Waals surface area contributed by atoms with Gasteiger partial charge in [-0.15, -0.1) is 0 Å². The summed E-state index contributed by atoms with van der Waals surface area (Å²) in [6.45, 7) is 0. The van der Waals surface area contributed by atoms with Crippen molar-refractivity contribution in [2.24, 2.45) is 0 Å². The molecule has 0 bridgehead atoms. The van der Waals surface area contributed by atoms with Crippen molar-refractivity contribution in [2.45, 2.75) is 0 Å². The van der Waals surface area contributed by atoms with Crippen molar-refractivity contribution in [3.8, 4) is 17.2 Å². The smallest absolute Gasteiger partial charge is 0.261 e. The third-order valence-electron chi connectivity index (χ3n) is 3.94. The molecule has 0 atom stereocenters. The van der Waals surface area contributed by atoms with Gasteiger partial charge in [-0.2, -0.15) is 0 Å². The summed E-state index contributed by atoms with van der Waals surface area (Å²) >= 11 is 0. The van der Waals surface area contributed by atoms with E-state index in [-0.39, 0.29) is 11.0 Å². The maximum atomic E-state index is 12.7. The minimum Gasteiger partial charge on any atom is -0.497 e. The molecule has 0 unspecified atom stereocenters. The van der Waals surface area contributed by atoms with Gasteiger partial charge in [0, 0.05) is 41.0 Å². The van der Waals surface area contributed by atoms with Gasteiger partial charge in [0.05, 0.1) is 21.3 Å². The van der Waals surface area contributed by atoms with Crippen LogP contribution >= 0.6 is 0 Å². The minimum absolute atomic E-state index is 0.00691. The van der Waals surface area contributed by atoms with Crippen molar-refractivity contribution in [1.29, 1.82) is 0 Å². The Hall–Kier alpha value is -3.48. The van der Waals surface area contributed by atoms with Gasteiger partial charge in [0.1, 0.15) is 22.8 Å². The molecule has 0 aliphatic carbocycles. The summed E-state index contributed by atoms with van der Waals surface area (Å²) in [6, 6.07) is 10.0.